The summed E-state index contributed by atoms with van der Waals surface area (Å²) in [6.07, 6.45) is -0.187. The van der Waals surface area contributed by atoms with Gasteiger partial charge < -0.3 is 36.8 Å². The van der Waals surface area contributed by atoms with Gasteiger partial charge in [-0.05, 0) is 42.0 Å². The predicted octanol–water partition coefficient (Wildman–Crippen LogP) is 2.00. The largest absolute Gasteiger partial charge is 0.445 e. The van der Waals surface area contributed by atoms with Crippen molar-refractivity contribution in [3.05, 3.63) is 65.7 Å². The molecule has 0 aliphatic rings. The molecule has 2 aromatic rings. The van der Waals surface area contributed by atoms with Gasteiger partial charge in [0.05, 0.1) is 6.61 Å². The van der Waals surface area contributed by atoms with E-state index < -0.39 is 36.0 Å². The number of alkyl carbamates (subject to hydrolysis) is 1. The molecular weight excluding hydrogens is 478 g/mol. The monoisotopic (exact) mass is 513 g/mol. The molecule has 11 nitrogen and oxygen atoms in total. The van der Waals surface area contributed by atoms with Crippen molar-refractivity contribution in [2.24, 2.45) is 11.7 Å². The molecular formula is C26H35N5O6. The second-order valence-electron chi connectivity index (χ2n) is 8.77. The van der Waals surface area contributed by atoms with Crippen LogP contribution in [0.2, 0.25) is 0 Å². The zero-order valence-corrected chi connectivity index (χ0v) is 21.0. The van der Waals surface area contributed by atoms with Crippen LogP contribution in [0.1, 0.15) is 37.8 Å². The second kappa shape index (κ2) is 15.1. The molecule has 0 spiro atoms. The predicted molar refractivity (Wildman–Crippen MR) is 138 cm³/mol. The van der Waals surface area contributed by atoms with Gasteiger partial charge in [0, 0.05) is 12.2 Å². The first-order valence-corrected chi connectivity index (χ1v) is 12.0. The van der Waals surface area contributed by atoms with E-state index in [9.17, 15) is 24.3 Å². The van der Waals surface area contributed by atoms with Gasteiger partial charge in [-0.15, -0.1) is 0 Å². The Bertz CT molecular complexity index is 1030. The lowest BCUT2D eigenvalue weighted by atomic mass is 10.0. The van der Waals surface area contributed by atoms with E-state index in [1.807, 2.05) is 30.3 Å². The number of anilines is 1. The summed E-state index contributed by atoms with van der Waals surface area (Å²) in [5, 5.41) is 19.7. The van der Waals surface area contributed by atoms with Gasteiger partial charge in [-0.2, -0.15) is 0 Å². The first-order valence-electron chi connectivity index (χ1n) is 12.0. The first kappa shape index (κ1) is 29.1. The van der Waals surface area contributed by atoms with Crippen molar-refractivity contribution >= 4 is 29.6 Å². The SMILES string of the molecule is CC(C)[C@H](NC(=O)OCc1ccccc1)C(=O)N[C@@H](CCCNC(N)=O)C(=O)Nc1ccc(CO)cc1. The zero-order valence-electron chi connectivity index (χ0n) is 21.0. The normalized spacial score (nSPS) is 12.2. The summed E-state index contributed by atoms with van der Waals surface area (Å²) in [5.74, 6) is -1.32. The average molecular weight is 514 g/mol. The molecule has 37 heavy (non-hydrogen) atoms. The maximum atomic E-state index is 13.1. The van der Waals surface area contributed by atoms with Gasteiger partial charge in [0.25, 0.3) is 0 Å². The van der Waals surface area contributed by atoms with Crippen LogP contribution in [0.25, 0.3) is 0 Å². The Hall–Kier alpha value is -4.12. The Morgan fingerprint density at radius 2 is 1.59 bits per heavy atom. The molecule has 0 radical (unpaired) electrons. The maximum absolute atomic E-state index is 13.1. The van der Waals surface area contributed by atoms with Gasteiger partial charge in [-0.25, -0.2) is 9.59 Å². The Morgan fingerprint density at radius 1 is 0.919 bits per heavy atom. The summed E-state index contributed by atoms with van der Waals surface area (Å²) in [6.45, 7) is 3.66. The number of amides is 5. The van der Waals surface area contributed by atoms with Gasteiger partial charge in [0.2, 0.25) is 11.8 Å². The number of aliphatic hydroxyl groups excluding tert-OH is 1. The topological polar surface area (TPSA) is 172 Å². The summed E-state index contributed by atoms with van der Waals surface area (Å²) < 4.78 is 5.23. The van der Waals surface area contributed by atoms with Crippen LogP contribution in [0, 0.1) is 5.92 Å². The number of hydrogen-bond acceptors (Lipinski definition) is 6. The lowest BCUT2D eigenvalue weighted by Gasteiger charge is -2.25. The van der Waals surface area contributed by atoms with Crippen molar-refractivity contribution in [3.63, 3.8) is 0 Å². The van der Waals surface area contributed by atoms with Gasteiger partial charge in [-0.1, -0.05) is 56.3 Å². The summed E-state index contributed by atoms with van der Waals surface area (Å²) in [7, 11) is 0. The lowest BCUT2D eigenvalue weighted by Crippen LogP contribution is -2.54. The second-order valence-corrected chi connectivity index (χ2v) is 8.77. The van der Waals surface area contributed by atoms with Crippen LogP contribution in [0.15, 0.2) is 54.6 Å². The molecule has 2 rings (SSSR count). The number of benzene rings is 2. The fourth-order valence-electron chi connectivity index (χ4n) is 3.40. The smallest absolute Gasteiger partial charge is 0.408 e. The minimum Gasteiger partial charge on any atom is -0.445 e. The van der Waals surface area contributed by atoms with Gasteiger partial charge in [-0.3, -0.25) is 9.59 Å². The van der Waals surface area contributed by atoms with Crippen LogP contribution in [-0.4, -0.2) is 47.7 Å². The molecule has 7 N–H and O–H groups in total. The van der Waals surface area contributed by atoms with Crippen molar-refractivity contribution in [1.29, 1.82) is 0 Å². The number of hydrogen-bond donors (Lipinski definition) is 6. The van der Waals surface area contributed by atoms with Gasteiger partial charge in [0.15, 0.2) is 0 Å². The molecule has 0 saturated carbocycles. The molecule has 0 unspecified atom stereocenters. The number of urea groups is 1. The Balaban J connectivity index is 2.04. The van der Waals surface area contributed by atoms with Crippen LogP contribution in [-0.2, 0) is 27.5 Å². The Labute approximate surface area is 216 Å². The van der Waals surface area contributed by atoms with Crippen molar-refractivity contribution in [3.8, 4) is 0 Å². The first-order chi connectivity index (χ1) is 17.7. The molecule has 2 atom stereocenters. The maximum Gasteiger partial charge on any atom is 0.408 e. The molecule has 0 saturated heterocycles. The van der Waals surface area contributed by atoms with Crippen molar-refractivity contribution in [1.82, 2.24) is 16.0 Å². The fraction of sp³-hybridized carbons (Fsp3) is 0.385. The number of ether oxygens (including phenoxy) is 1. The molecule has 5 amide bonds. The highest BCUT2D eigenvalue weighted by Crippen LogP contribution is 2.12. The van der Waals surface area contributed by atoms with Crippen LogP contribution >= 0.6 is 0 Å². The van der Waals surface area contributed by atoms with Crippen molar-refractivity contribution in [2.45, 2.75) is 52.0 Å². The van der Waals surface area contributed by atoms with Crippen molar-refractivity contribution < 1.29 is 29.0 Å². The molecule has 0 aromatic heterocycles. The molecule has 0 aliphatic heterocycles. The standard InChI is InChI=1S/C26H35N5O6/c1-17(2)22(31-26(36)37-16-19-7-4-3-5-8-19)24(34)30-21(9-6-14-28-25(27)35)23(33)29-20-12-10-18(15-32)11-13-20/h3-5,7-8,10-13,17,21-22,32H,6,9,14-16H2,1-2H3,(H,29,33)(H,30,34)(H,31,36)(H3,27,28,35)/t21-,22-/m0/s1. The highest BCUT2D eigenvalue weighted by molar-refractivity contribution is 5.98. The van der Waals surface area contributed by atoms with E-state index in [0.29, 0.717) is 17.7 Å². The number of rotatable bonds is 13. The third kappa shape index (κ3) is 10.6. The van der Waals surface area contributed by atoms with E-state index in [1.54, 1.807) is 38.1 Å². The van der Waals surface area contributed by atoms with Crippen LogP contribution in [0.3, 0.4) is 0 Å². The third-order valence-corrected chi connectivity index (χ3v) is 5.44. The van der Waals surface area contributed by atoms with E-state index in [2.05, 4.69) is 21.3 Å². The fourth-order valence-corrected chi connectivity index (χ4v) is 3.40. The number of aliphatic hydroxyl groups is 1. The molecule has 0 bridgehead atoms. The Kier molecular flexibility index (Phi) is 11.9. The third-order valence-electron chi connectivity index (χ3n) is 5.44. The number of carbonyl (C=O) groups excluding carboxylic acids is 4. The van der Waals surface area contributed by atoms with Crippen LogP contribution in [0.4, 0.5) is 15.3 Å². The zero-order chi connectivity index (χ0) is 27.2. The summed E-state index contributed by atoms with van der Waals surface area (Å²) in [6, 6.07) is 13.1. The quantitative estimate of drug-likeness (QED) is 0.224. The highest BCUT2D eigenvalue weighted by atomic mass is 16.5. The number of nitrogens with one attached hydrogen (secondary N) is 4. The molecule has 0 fully saturated rings. The van der Waals surface area contributed by atoms with E-state index in [4.69, 9.17) is 10.5 Å². The van der Waals surface area contributed by atoms with Crippen LogP contribution < -0.4 is 27.0 Å². The van der Waals surface area contributed by atoms with Gasteiger partial charge >= 0.3 is 12.1 Å². The molecule has 0 heterocycles. The van der Waals surface area contributed by atoms with E-state index in [-0.39, 0.29) is 32.1 Å². The van der Waals surface area contributed by atoms with E-state index >= 15 is 0 Å². The number of carbonyl (C=O) groups is 4. The average Bonchev–Trinajstić information content (AvgIpc) is 2.88. The number of nitrogens with two attached hydrogens (primary N) is 1. The Morgan fingerprint density at radius 3 is 2.19 bits per heavy atom. The molecule has 11 heteroatoms. The van der Waals surface area contributed by atoms with Crippen LogP contribution in [0.5, 0.6) is 0 Å². The van der Waals surface area contributed by atoms with E-state index in [1.165, 1.54) is 0 Å². The highest BCUT2D eigenvalue weighted by Gasteiger charge is 2.29. The summed E-state index contributed by atoms with van der Waals surface area (Å²) >= 11 is 0. The lowest BCUT2D eigenvalue weighted by molar-refractivity contribution is -0.128. The van der Waals surface area contributed by atoms with Gasteiger partial charge in [0.1, 0.15) is 18.7 Å². The van der Waals surface area contributed by atoms with E-state index in [0.717, 1.165) is 5.56 Å². The van der Waals surface area contributed by atoms with Crippen molar-refractivity contribution in [2.75, 3.05) is 11.9 Å². The minimum absolute atomic E-state index is 0.0477. The summed E-state index contributed by atoms with van der Waals surface area (Å²) in [5.41, 5.74) is 7.06. The molecule has 200 valence electrons. The number of primary amides is 1. The minimum atomic E-state index is -0.955. The summed E-state index contributed by atoms with van der Waals surface area (Å²) in [4.78, 5) is 49.4. The molecule has 0 aliphatic carbocycles. The molecule has 2 aromatic carbocycles.